The molecule has 0 spiro atoms. The summed E-state index contributed by atoms with van der Waals surface area (Å²) in [6.07, 6.45) is -1.77. The molecule has 3 rings (SSSR count). The average molecular weight is 478 g/mol. The van der Waals surface area contributed by atoms with E-state index in [0.717, 1.165) is 5.39 Å². The van der Waals surface area contributed by atoms with Gasteiger partial charge in [0.2, 0.25) is 0 Å². The van der Waals surface area contributed by atoms with E-state index in [2.05, 4.69) is 10.3 Å². The van der Waals surface area contributed by atoms with Crippen LogP contribution in [0.2, 0.25) is 0 Å². The van der Waals surface area contributed by atoms with Gasteiger partial charge < -0.3 is 19.9 Å². The van der Waals surface area contributed by atoms with Gasteiger partial charge in [0.05, 0.1) is 17.5 Å². The van der Waals surface area contributed by atoms with Crippen molar-refractivity contribution in [3.8, 4) is 5.75 Å². The minimum Gasteiger partial charge on any atom is -0.491 e. The van der Waals surface area contributed by atoms with Gasteiger partial charge >= 0.3 is 12.1 Å². The number of aliphatic carboxylic acids is 1. The summed E-state index contributed by atoms with van der Waals surface area (Å²) >= 11 is 0. The number of hydrogen-bond donors (Lipinski definition) is 2. The number of amides is 1. The Bertz CT molecular complexity index is 1160. The van der Waals surface area contributed by atoms with Crippen LogP contribution in [0.5, 0.6) is 5.75 Å². The zero-order chi connectivity index (χ0) is 25.1. The second kappa shape index (κ2) is 9.36. The summed E-state index contributed by atoms with van der Waals surface area (Å²) in [7, 11) is 0. The van der Waals surface area contributed by atoms with Gasteiger partial charge in [0.15, 0.2) is 6.61 Å². The van der Waals surface area contributed by atoms with Gasteiger partial charge in [-0.05, 0) is 38.3 Å². The molecule has 1 atom stereocenters. The highest BCUT2D eigenvalue weighted by Gasteiger charge is 2.37. The molecule has 0 bridgehead atoms. The largest absolute Gasteiger partial charge is 0.491 e. The van der Waals surface area contributed by atoms with Crippen molar-refractivity contribution < 1.29 is 37.3 Å². The van der Waals surface area contributed by atoms with Crippen LogP contribution in [0.1, 0.15) is 31.1 Å². The molecular weight excluding hydrogens is 453 g/mol. The summed E-state index contributed by atoms with van der Waals surface area (Å²) in [5.74, 6) is -1.63. The van der Waals surface area contributed by atoms with Crippen molar-refractivity contribution >= 4 is 28.9 Å². The molecule has 2 N–H and O–H groups in total. The molecule has 1 aliphatic heterocycles. The number of aliphatic imine (C=N–C) groups is 1. The van der Waals surface area contributed by atoms with Crippen LogP contribution in [-0.2, 0) is 9.53 Å². The fourth-order valence-corrected chi connectivity index (χ4v) is 3.37. The molecule has 0 aromatic heterocycles. The number of halogens is 3. The van der Waals surface area contributed by atoms with E-state index in [0.29, 0.717) is 5.39 Å². The van der Waals surface area contributed by atoms with E-state index < -0.39 is 35.6 Å². The zero-order valence-corrected chi connectivity index (χ0v) is 18.9. The Morgan fingerprint density at radius 2 is 1.85 bits per heavy atom. The highest BCUT2D eigenvalue weighted by atomic mass is 19.4. The van der Waals surface area contributed by atoms with Gasteiger partial charge in [0.1, 0.15) is 23.7 Å². The second-order valence-electron chi connectivity index (χ2n) is 8.82. The van der Waals surface area contributed by atoms with E-state index in [9.17, 15) is 27.9 Å². The molecule has 7 nitrogen and oxygen atoms in total. The molecule has 0 radical (unpaired) electrons. The van der Waals surface area contributed by atoms with E-state index in [-0.39, 0.29) is 30.2 Å². The van der Waals surface area contributed by atoms with E-state index in [1.165, 1.54) is 32.2 Å². The van der Waals surface area contributed by atoms with Crippen LogP contribution in [-0.4, -0.2) is 54.7 Å². The van der Waals surface area contributed by atoms with E-state index in [1.807, 2.05) is 12.1 Å². The lowest BCUT2D eigenvalue weighted by Crippen LogP contribution is -2.49. The fraction of sp³-hybridized carbons (Fsp3) is 0.375. The third-order valence-corrected chi connectivity index (χ3v) is 5.38. The minimum atomic E-state index is -4.50. The lowest BCUT2D eigenvalue weighted by molar-refractivity contribution is -0.169. The highest BCUT2D eigenvalue weighted by molar-refractivity contribution is 6.05. The third-order valence-electron chi connectivity index (χ3n) is 5.38. The smallest absolute Gasteiger partial charge is 0.422 e. The molecular formula is C24H25F3N2O5. The molecule has 1 amide bonds. The second-order valence-corrected chi connectivity index (χ2v) is 8.82. The molecule has 10 heteroatoms. The molecule has 1 unspecified atom stereocenters. The maximum atomic E-state index is 13.0. The number of carboxylic acid groups (broad SMARTS) is 1. The van der Waals surface area contributed by atoms with Gasteiger partial charge in [-0.2, -0.15) is 13.2 Å². The van der Waals surface area contributed by atoms with Crippen molar-refractivity contribution in [1.82, 2.24) is 5.32 Å². The number of allylic oxidation sites excluding steroid dienone is 1. The molecule has 2 aromatic carbocycles. The Balaban J connectivity index is 1.93. The van der Waals surface area contributed by atoms with Gasteiger partial charge in [0.25, 0.3) is 5.91 Å². The molecule has 1 heterocycles. The normalized spacial score (nSPS) is 18.4. The number of carbonyl (C=O) groups excluding carboxylic acids is 1. The number of hydrogen-bond acceptors (Lipinski definition) is 5. The summed E-state index contributed by atoms with van der Waals surface area (Å²) in [5, 5.41) is 13.2. The monoisotopic (exact) mass is 478 g/mol. The minimum absolute atomic E-state index is 0.0677. The van der Waals surface area contributed by atoms with Gasteiger partial charge in [0, 0.05) is 11.6 Å². The third kappa shape index (κ3) is 5.67. The Morgan fingerprint density at radius 3 is 2.53 bits per heavy atom. The SMILES string of the molecule is CC1(COc2c(C(=O)NC(C)(C)C(=O)O)ccc3ccccc23)CN=CC=C1OCC(F)(F)F. The highest BCUT2D eigenvalue weighted by Crippen LogP contribution is 2.36. The summed E-state index contributed by atoms with van der Waals surface area (Å²) in [5.41, 5.74) is -2.46. The van der Waals surface area contributed by atoms with Crippen molar-refractivity contribution in [3.63, 3.8) is 0 Å². The number of nitrogens with one attached hydrogen (secondary N) is 1. The van der Waals surface area contributed by atoms with Gasteiger partial charge in [-0.15, -0.1) is 0 Å². The molecule has 1 aliphatic rings. The quantitative estimate of drug-likeness (QED) is 0.588. The number of carbonyl (C=O) groups is 2. The van der Waals surface area contributed by atoms with Crippen molar-refractivity contribution in [3.05, 3.63) is 53.8 Å². The summed E-state index contributed by atoms with van der Waals surface area (Å²) in [6, 6.07) is 10.3. The summed E-state index contributed by atoms with van der Waals surface area (Å²) in [4.78, 5) is 28.6. The number of carboxylic acids is 1. The van der Waals surface area contributed by atoms with E-state index >= 15 is 0 Å². The maximum Gasteiger partial charge on any atom is 0.422 e. The number of alkyl halides is 3. The molecule has 2 aromatic rings. The molecule has 34 heavy (non-hydrogen) atoms. The molecule has 0 fully saturated rings. The van der Waals surface area contributed by atoms with Gasteiger partial charge in [-0.3, -0.25) is 9.79 Å². The molecule has 0 saturated heterocycles. The predicted octanol–water partition coefficient (Wildman–Crippen LogP) is 4.37. The Labute approximate surface area is 194 Å². The van der Waals surface area contributed by atoms with Crippen LogP contribution in [0, 0.1) is 5.41 Å². The van der Waals surface area contributed by atoms with E-state index in [4.69, 9.17) is 9.47 Å². The average Bonchev–Trinajstić information content (AvgIpc) is 2.75. The predicted molar refractivity (Wildman–Crippen MR) is 120 cm³/mol. The van der Waals surface area contributed by atoms with Crippen molar-refractivity contribution in [2.75, 3.05) is 19.8 Å². The molecule has 182 valence electrons. The van der Waals surface area contributed by atoms with Gasteiger partial charge in [-0.1, -0.05) is 30.3 Å². The first-order chi connectivity index (χ1) is 15.8. The Kier molecular flexibility index (Phi) is 6.90. The Morgan fingerprint density at radius 1 is 1.15 bits per heavy atom. The topological polar surface area (TPSA) is 97.2 Å². The number of nitrogens with zero attached hydrogens (tertiary/aromatic N) is 1. The first kappa shape index (κ1) is 25.1. The van der Waals surface area contributed by atoms with Crippen LogP contribution in [0.25, 0.3) is 10.8 Å². The first-order valence-electron chi connectivity index (χ1n) is 10.4. The number of fused-ring (bicyclic) bond motifs is 1. The molecule has 0 aliphatic carbocycles. The summed E-state index contributed by atoms with van der Waals surface area (Å²) < 4.78 is 49.3. The summed E-state index contributed by atoms with van der Waals surface area (Å²) in [6.45, 7) is 2.90. The van der Waals surface area contributed by atoms with Crippen molar-refractivity contribution in [2.45, 2.75) is 32.5 Å². The van der Waals surface area contributed by atoms with E-state index in [1.54, 1.807) is 25.1 Å². The van der Waals surface area contributed by atoms with Crippen molar-refractivity contribution in [2.24, 2.45) is 10.4 Å². The Hall–Kier alpha value is -3.56. The first-order valence-corrected chi connectivity index (χ1v) is 10.4. The number of rotatable bonds is 8. The van der Waals surface area contributed by atoms with Crippen LogP contribution < -0.4 is 10.1 Å². The number of ether oxygens (including phenoxy) is 2. The zero-order valence-electron chi connectivity index (χ0n) is 18.9. The maximum absolute atomic E-state index is 13.0. The van der Waals surface area contributed by atoms with Crippen LogP contribution >= 0.6 is 0 Å². The van der Waals surface area contributed by atoms with Crippen LogP contribution in [0.3, 0.4) is 0 Å². The van der Waals surface area contributed by atoms with Crippen molar-refractivity contribution in [1.29, 1.82) is 0 Å². The lowest BCUT2D eigenvalue weighted by Gasteiger charge is -2.32. The lowest BCUT2D eigenvalue weighted by atomic mass is 9.87. The molecule has 0 saturated carbocycles. The standard InChI is InChI=1S/C24H25F3N2O5/c1-22(2,21(31)32)29-20(30)17-9-8-15-6-4-5-7-16(15)19(17)34-13-23(3)12-28-11-10-18(23)33-14-24(25,26)27/h4-11H,12-14H2,1-3H3,(H,29,30)(H,31,32). The van der Waals surface area contributed by atoms with Crippen LogP contribution in [0.4, 0.5) is 13.2 Å². The van der Waals surface area contributed by atoms with Gasteiger partial charge in [-0.25, -0.2) is 4.79 Å². The fourth-order valence-electron chi connectivity index (χ4n) is 3.37. The number of benzene rings is 2. The number of dihydropyridines is 1. The van der Waals surface area contributed by atoms with Crippen LogP contribution in [0.15, 0.2) is 53.2 Å².